The molecule has 6 nitrogen and oxygen atoms in total. The second kappa shape index (κ2) is 5.77. The minimum Gasteiger partial charge on any atom is -0.479 e. The fourth-order valence-electron chi connectivity index (χ4n) is 2.23. The molecule has 0 saturated heterocycles. The van der Waals surface area contributed by atoms with Gasteiger partial charge >= 0.3 is 5.97 Å². The van der Waals surface area contributed by atoms with Crippen molar-refractivity contribution in [3.8, 4) is 11.4 Å². The average molecular weight is 313 g/mol. The van der Waals surface area contributed by atoms with Gasteiger partial charge in [-0.2, -0.15) is 0 Å². The van der Waals surface area contributed by atoms with Crippen molar-refractivity contribution < 1.29 is 14.3 Å². The van der Waals surface area contributed by atoms with Crippen molar-refractivity contribution in [1.29, 1.82) is 0 Å². The van der Waals surface area contributed by atoms with E-state index in [2.05, 4.69) is 15.5 Å². The molecule has 0 fully saturated rings. The number of tetrazole rings is 1. The molecule has 0 aliphatic heterocycles. The van der Waals surface area contributed by atoms with E-state index in [-0.39, 0.29) is 10.8 Å². The van der Waals surface area contributed by atoms with Gasteiger partial charge in [-0.15, -0.1) is 5.10 Å². The third-order valence-corrected chi connectivity index (χ3v) is 3.91. The summed E-state index contributed by atoms with van der Waals surface area (Å²) in [6.45, 7) is 3.50. The van der Waals surface area contributed by atoms with Crippen molar-refractivity contribution in [1.82, 2.24) is 20.2 Å². The van der Waals surface area contributed by atoms with Crippen LogP contribution in [-0.2, 0) is 10.3 Å². The molecule has 2 aromatic rings. The molecule has 1 aromatic heterocycles. The van der Waals surface area contributed by atoms with Crippen molar-refractivity contribution in [3.05, 3.63) is 29.0 Å². The average Bonchev–Trinajstić information content (AvgIpc) is 2.93. The highest BCUT2D eigenvalue weighted by atomic mass is 35.5. The summed E-state index contributed by atoms with van der Waals surface area (Å²) in [5.74, 6) is -1.34. The standard InChI is InChI=1S/C13H14ClFN4O2/c1-3-13(4-2,12(20)21)19-11(16-17-18-19)8-5-6-10(15)9(14)7-8/h5-7H,3-4H2,1-2H3,(H,20,21). The maximum atomic E-state index is 13.3. The van der Waals surface area contributed by atoms with Gasteiger partial charge in [-0.1, -0.05) is 25.4 Å². The molecule has 0 radical (unpaired) electrons. The van der Waals surface area contributed by atoms with E-state index in [0.717, 1.165) is 0 Å². The van der Waals surface area contributed by atoms with Crippen LogP contribution in [0, 0.1) is 5.82 Å². The Morgan fingerprint density at radius 1 is 1.43 bits per heavy atom. The molecule has 112 valence electrons. The van der Waals surface area contributed by atoms with E-state index in [0.29, 0.717) is 18.4 Å². The monoisotopic (exact) mass is 312 g/mol. The summed E-state index contributed by atoms with van der Waals surface area (Å²) in [4.78, 5) is 11.7. The SMILES string of the molecule is CCC(CC)(C(=O)O)n1nnnc1-c1ccc(F)c(Cl)c1. The second-order valence-corrected chi connectivity index (χ2v) is 4.99. The molecule has 0 aliphatic carbocycles. The quantitative estimate of drug-likeness (QED) is 0.918. The first-order valence-electron chi connectivity index (χ1n) is 6.44. The van der Waals surface area contributed by atoms with E-state index < -0.39 is 17.3 Å². The van der Waals surface area contributed by atoms with Gasteiger partial charge in [0.25, 0.3) is 0 Å². The first-order valence-corrected chi connectivity index (χ1v) is 6.81. The zero-order valence-corrected chi connectivity index (χ0v) is 12.3. The molecular weight excluding hydrogens is 299 g/mol. The largest absolute Gasteiger partial charge is 0.479 e. The van der Waals surface area contributed by atoms with E-state index in [1.165, 1.54) is 22.9 Å². The zero-order valence-electron chi connectivity index (χ0n) is 11.5. The van der Waals surface area contributed by atoms with Gasteiger partial charge < -0.3 is 5.11 Å². The van der Waals surface area contributed by atoms with Crippen LogP contribution in [-0.4, -0.2) is 31.3 Å². The molecule has 0 aliphatic rings. The molecule has 21 heavy (non-hydrogen) atoms. The van der Waals surface area contributed by atoms with Crippen LogP contribution in [0.15, 0.2) is 18.2 Å². The highest BCUT2D eigenvalue weighted by Crippen LogP contribution is 2.30. The van der Waals surface area contributed by atoms with E-state index in [4.69, 9.17) is 11.6 Å². The molecule has 0 spiro atoms. The van der Waals surface area contributed by atoms with Gasteiger partial charge in [-0.05, 0) is 41.5 Å². The molecule has 0 saturated carbocycles. The van der Waals surface area contributed by atoms with Gasteiger partial charge in [-0.3, -0.25) is 0 Å². The lowest BCUT2D eigenvalue weighted by molar-refractivity contribution is -0.148. The summed E-state index contributed by atoms with van der Waals surface area (Å²) in [7, 11) is 0. The Bertz CT molecular complexity index is 670. The highest BCUT2D eigenvalue weighted by molar-refractivity contribution is 6.31. The number of carbonyl (C=O) groups is 1. The first-order chi connectivity index (χ1) is 9.96. The Labute approximate surface area is 125 Å². The van der Waals surface area contributed by atoms with E-state index in [9.17, 15) is 14.3 Å². The Hall–Kier alpha value is -2.02. The Morgan fingerprint density at radius 3 is 2.62 bits per heavy atom. The van der Waals surface area contributed by atoms with Gasteiger partial charge in [0.15, 0.2) is 11.4 Å². The smallest absolute Gasteiger partial charge is 0.331 e. The van der Waals surface area contributed by atoms with E-state index in [1.54, 1.807) is 13.8 Å². The minimum atomic E-state index is -1.25. The number of carboxylic acids is 1. The number of aromatic nitrogens is 4. The van der Waals surface area contributed by atoms with Crippen LogP contribution < -0.4 is 0 Å². The zero-order chi connectivity index (χ0) is 15.6. The molecule has 8 heteroatoms. The van der Waals surface area contributed by atoms with Crippen molar-refractivity contribution in [3.63, 3.8) is 0 Å². The first kappa shape index (κ1) is 15.4. The van der Waals surface area contributed by atoms with Crippen LogP contribution in [0.1, 0.15) is 26.7 Å². The summed E-state index contributed by atoms with van der Waals surface area (Å²) >= 11 is 5.76. The number of halogens is 2. The number of hydrogen-bond acceptors (Lipinski definition) is 4. The highest BCUT2D eigenvalue weighted by Gasteiger charge is 2.40. The van der Waals surface area contributed by atoms with Gasteiger partial charge in [-0.25, -0.2) is 13.9 Å². The van der Waals surface area contributed by atoms with Crippen LogP contribution in [0.3, 0.4) is 0 Å². The number of nitrogens with zero attached hydrogens (tertiary/aromatic N) is 4. The van der Waals surface area contributed by atoms with Crippen LogP contribution >= 0.6 is 11.6 Å². The molecular formula is C13H14ClFN4O2. The molecule has 1 aromatic carbocycles. The molecule has 0 bridgehead atoms. The van der Waals surface area contributed by atoms with Crippen molar-refractivity contribution in [2.24, 2.45) is 0 Å². The van der Waals surface area contributed by atoms with Crippen LogP contribution in [0.2, 0.25) is 5.02 Å². The summed E-state index contributed by atoms with van der Waals surface area (Å²) in [5.41, 5.74) is -0.793. The number of aliphatic carboxylic acids is 1. The van der Waals surface area contributed by atoms with Gasteiger partial charge in [0.2, 0.25) is 0 Å². The summed E-state index contributed by atoms with van der Waals surface area (Å²) in [6, 6.07) is 4.02. The number of hydrogen-bond donors (Lipinski definition) is 1. The number of benzene rings is 1. The van der Waals surface area contributed by atoms with E-state index in [1.807, 2.05) is 0 Å². The Kier molecular flexibility index (Phi) is 4.22. The fraction of sp³-hybridized carbons (Fsp3) is 0.385. The van der Waals surface area contributed by atoms with Crippen LogP contribution in [0.5, 0.6) is 0 Å². The van der Waals surface area contributed by atoms with Crippen LogP contribution in [0.4, 0.5) is 4.39 Å². The Morgan fingerprint density at radius 2 is 2.10 bits per heavy atom. The van der Waals surface area contributed by atoms with Crippen molar-refractivity contribution in [2.75, 3.05) is 0 Å². The minimum absolute atomic E-state index is 0.0732. The summed E-state index contributed by atoms with van der Waals surface area (Å²) in [6.07, 6.45) is 0.623. The van der Waals surface area contributed by atoms with Crippen molar-refractivity contribution in [2.45, 2.75) is 32.2 Å². The third-order valence-electron chi connectivity index (χ3n) is 3.62. The number of rotatable bonds is 5. The maximum Gasteiger partial charge on any atom is 0.331 e. The third kappa shape index (κ3) is 2.49. The van der Waals surface area contributed by atoms with Crippen molar-refractivity contribution >= 4 is 17.6 Å². The molecule has 0 unspecified atom stereocenters. The maximum absolute atomic E-state index is 13.3. The summed E-state index contributed by atoms with van der Waals surface area (Å²) in [5, 5.41) is 20.7. The molecule has 2 rings (SSSR count). The molecule has 1 heterocycles. The predicted octanol–water partition coefficient (Wildman–Crippen LogP) is 2.73. The lowest BCUT2D eigenvalue weighted by Gasteiger charge is -2.27. The van der Waals surface area contributed by atoms with Crippen LogP contribution in [0.25, 0.3) is 11.4 Å². The molecule has 1 N–H and O–H groups in total. The predicted molar refractivity (Wildman–Crippen MR) is 74.4 cm³/mol. The fourth-order valence-corrected chi connectivity index (χ4v) is 2.41. The van der Waals surface area contributed by atoms with Gasteiger partial charge in [0.1, 0.15) is 5.82 Å². The molecule has 0 atom stereocenters. The number of carboxylic acid groups (broad SMARTS) is 1. The van der Waals surface area contributed by atoms with Gasteiger partial charge in [0, 0.05) is 5.56 Å². The normalized spacial score (nSPS) is 11.6. The lowest BCUT2D eigenvalue weighted by atomic mass is 9.92. The lowest BCUT2D eigenvalue weighted by Crippen LogP contribution is -2.42. The molecule has 0 amide bonds. The second-order valence-electron chi connectivity index (χ2n) is 4.59. The summed E-state index contributed by atoms with van der Waals surface area (Å²) < 4.78 is 14.5. The topological polar surface area (TPSA) is 80.9 Å². The Balaban J connectivity index is 2.61. The van der Waals surface area contributed by atoms with E-state index >= 15 is 0 Å². The van der Waals surface area contributed by atoms with Gasteiger partial charge in [0.05, 0.1) is 5.02 Å².